The summed E-state index contributed by atoms with van der Waals surface area (Å²) in [4.78, 5) is 0. The number of methoxy groups -OCH3 is 1. The summed E-state index contributed by atoms with van der Waals surface area (Å²) in [6.45, 7) is 5.92. The Balaban J connectivity index is 2.59. The standard InChI is InChI=1S/C11H21NO/c1-9(2)8-10(12)11(13-3)6-4-5-7-11/h10H,1,4-8,12H2,2-3H3. The molecule has 1 unspecified atom stereocenters. The molecule has 1 aliphatic carbocycles. The first-order chi connectivity index (χ1) is 6.10. The lowest BCUT2D eigenvalue weighted by Crippen LogP contribution is -2.47. The number of hydrogen-bond donors (Lipinski definition) is 1. The highest BCUT2D eigenvalue weighted by Gasteiger charge is 2.39. The molecule has 0 amide bonds. The molecule has 1 aliphatic rings. The Morgan fingerprint density at radius 2 is 2.08 bits per heavy atom. The van der Waals surface area contributed by atoms with Gasteiger partial charge in [0.1, 0.15) is 0 Å². The summed E-state index contributed by atoms with van der Waals surface area (Å²) < 4.78 is 5.60. The molecule has 2 heteroatoms. The highest BCUT2D eigenvalue weighted by Crippen LogP contribution is 2.36. The number of ether oxygens (including phenoxy) is 1. The molecule has 13 heavy (non-hydrogen) atoms. The third-order valence-corrected chi connectivity index (χ3v) is 3.10. The van der Waals surface area contributed by atoms with Crippen molar-refractivity contribution in [2.24, 2.45) is 5.73 Å². The average molecular weight is 183 g/mol. The van der Waals surface area contributed by atoms with E-state index in [1.807, 2.05) is 6.92 Å². The van der Waals surface area contributed by atoms with Crippen LogP contribution in [0, 0.1) is 0 Å². The van der Waals surface area contributed by atoms with Gasteiger partial charge in [-0.05, 0) is 26.2 Å². The maximum Gasteiger partial charge on any atom is 0.0832 e. The van der Waals surface area contributed by atoms with Crippen molar-refractivity contribution in [2.75, 3.05) is 7.11 Å². The fourth-order valence-corrected chi connectivity index (χ4v) is 2.26. The molecule has 0 heterocycles. The molecule has 1 fully saturated rings. The molecule has 0 aliphatic heterocycles. The van der Waals surface area contributed by atoms with E-state index in [-0.39, 0.29) is 11.6 Å². The molecule has 2 N–H and O–H groups in total. The predicted molar refractivity (Wildman–Crippen MR) is 55.6 cm³/mol. The van der Waals surface area contributed by atoms with Crippen molar-refractivity contribution < 1.29 is 4.74 Å². The predicted octanol–water partition coefficient (Wildman–Crippen LogP) is 2.24. The smallest absolute Gasteiger partial charge is 0.0832 e. The zero-order chi connectivity index (χ0) is 9.90. The fourth-order valence-electron chi connectivity index (χ4n) is 2.26. The van der Waals surface area contributed by atoms with Crippen LogP contribution in [0.2, 0.25) is 0 Å². The Morgan fingerprint density at radius 3 is 2.46 bits per heavy atom. The quantitative estimate of drug-likeness (QED) is 0.678. The number of hydrogen-bond acceptors (Lipinski definition) is 2. The first-order valence-corrected chi connectivity index (χ1v) is 5.06. The summed E-state index contributed by atoms with van der Waals surface area (Å²) in [6, 6.07) is 0.123. The van der Waals surface area contributed by atoms with Gasteiger partial charge in [0.25, 0.3) is 0 Å². The monoisotopic (exact) mass is 183 g/mol. The number of nitrogens with two attached hydrogens (primary N) is 1. The second-order valence-corrected chi connectivity index (χ2v) is 4.24. The van der Waals surface area contributed by atoms with Gasteiger partial charge in [0.15, 0.2) is 0 Å². The SMILES string of the molecule is C=C(C)CC(N)C1(OC)CCCC1. The van der Waals surface area contributed by atoms with Crippen molar-refractivity contribution >= 4 is 0 Å². The van der Waals surface area contributed by atoms with Gasteiger partial charge in [0.05, 0.1) is 5.60 Å². The van der Waals surface area contributed by atoms with Gasteiger partial charge in [-0.25, -0.2) is 0 Å². The van der Waals surface area contributed by atoms with Gasteiger partial charge in [0, 0.05) is 13.2 Å². The van der Waals surface area contributed by atoms with Crippen LogP contribution >= 0.6 is 0 Å². The lowest BCUT2D eigenvalue weighted by molar-refractivity contribution is -0.0253. The molecule has 0 spiro atoms. The van der Waals surface area contributed by atoms with Crippen molar-refractivity contribution in [1.82, 2.24) is 0 Å². The molecular formula is C11H21NO. The van der Waals surface area contributed by atoms with Crippen molar-refractivity contribution in [2.45, 2.75) is 50.7 Å². The minimum atomic E-state index is -0.0566. The van der Waals surface area contributed by atoms with Gasteiger partial charge in [-0.3, -0.25) is 0 Å². The summed E-state index contributed by atoms with van der Waals surface area (Å²) in [5.41, 5.74) is 7.23. The molecule has 0 bridgehead atoms. The van der Waals surface area contributed by atoms with E-state index >= 15 is 0 Å². The highest BCUT2D eigenvalue weighted by molar-refractivity contribution is 5.02. The Bertz CT molecular complexity index is 183. The summed E-state index contributed by atoms with van der Waals surface area (Å²) in [7, 11) is 1.78. The molecule has 76 valence electrons. The lowest BCUT2D eigenvalue weighted by Gasteiger charge is -2.34. The Labute approximate surface area is 81.1 Å². The van der Waals surface area contributed by atoms with Crippen LogP contribution in [0.15, 0.2) is 12.2 Å². The zero-order valence-corrected chi connectivity index (χ0v) is 8.81. The maximum atomic E-state index is 6.14. The van der Waals surface area contributed by atoms with Crippen molar-refractivity contribution in [3.05, 3.63) is 12.2 Å². The molecule has 1 saturated carbocycles. The normalized spacial score (nSPS) is 23.0. The van der Waals surface area contributed by atoms with Gasteiger partial charge in [-0.15, -0.1) is 6.58 Å². The van der Waals surface area contributed by atoms with E-state index in [9.17, 15) is 0 Å². The molecule has 1 rings (SSSR count). The van der Waals surface area contributed by atoms with E-state index in [4.69, 9.17) is 10.5 Å². The largest absolute Gasteiger partial charge is 0.377 e. The van der Waals surface area contributed by atoms with E-state index < -0.39 is 0 Å². The summed E-state index contributed by atoms with van der Waals surface area (Å²) in [5, 5.41) is 0. The van der Waals surface area contributed by atoms with Crippen molar-refractivity contribution in [3.63, 3.8) is 0 Å². The van der Waals surface area contributed by atoms with Crippen LogP contribution < -0.4 is 5.73 Å². The first kappa shape index (κ1) is 10.7. The van der Waals surface area contributed by atoms with Crippen LogP contribution in [0.4, 0.5) is 0 Å². The van der Waals surface area contributed by atoms with Gasteiger partial charge in [-0.2, -0.15) is 0 Å². The zero-order valence-electron chi connectivity index (χ0n) is 8.81. The Kier molecular flexibility index (Phi) is 3.51. The van der Waals surface area contributed by atoms with E-state index in [2.05, 4.69) is 6.58 Å². The molecule has 0 radical (unpaired) electrons. The first-order valence-electron chi connectivity index (χ1n) is 5.06. The van der Waals surface area contributed by atoms with Crippen LogP contribution in [0.3, 0.4) is 0 Å². The van der Waals surface area contributed by atoms with Crippen LogP contribution in [-0.4, -0.2) is 18.8 Å². The molecule has 0 saturated heterocycles. The van der Waals surface area contributed by atoms with Crippen LogP contribution in [-0.2, 0) is 4.74 Å². The van der Waals surface area contributed by atoms with Gasteiger partial charge in [-0.1, -0.05) is 18.4 Å². The van der Waals surface area contributed by atoms with Gasteiger partial charge >= 0.3 is 0 Å². The van der Waals surface area contributed by atoms with Crippen molar-refractivity contribution in [1.29, 1.82) is 0 Å². The molecule has 0 aromatic rings. The molecule has 0 aromatic carbocycles. The minimum absolute atomic E-state index is 0.0566. The second kappa shape index (κ2) is 4.25. The molecule has 2 nitrogen and oxygen atoms in total. The molecule has 1 atom stereocenters. The highest BCUT2D eigenvalue weighted by atomic mass is 16.5. The lowest BCUT2D eigenvalue weighted by atomic mass is 9.88. The Morgan fingerprint density at radius 1 is 1.54 bits per heavy atom. The van der Waals surface area contributed by atoms with E-state index in [1.165, 1.54) is 12.8 Å². The summed E-state index contributed by atoms with van der Waals surface area (Å²) >= 11 is 0. The Hall–Kier alpha value is -0.340. The minimum Gasteiger partial charge on any atom is -0.377 e. The third kappa shape index (κ3) is 2.32. The van der Waals surface area contributed by atoms with Crippen LogP contribution in [0.5, 0.6) is 0 Å². The summed E-state index contributed by atoms with van der Waals surface area (Å²) in [6.07, 6.45) is 5.60. The average Bonchev–Trinajstić information content (AvgIpc) is 2.51. The van der Waals surface area contributed by atoms with Crippen LogP contribution in [0.1, 0.15) is 39.0 Å². The molecular weight excluding hydrogens is 162 g/mol. The maximum absolute atomic E-state index is 6.14. The second-order valence-electron chi connectivity index (χ2n) is 4.24. The molecule has 0 aromatic heterocycles. The topological polar surface area (TPSA) is 35.2 Å². The van der Waals surface area contributed by atoms with Gasteiger partial charge < -0.3 is 10.5 Å². The van der Waals surface area contributed by atoms with E-state index in [0.29, 0.717) is 0 Å². The third-order valence-electron chi connectivity index (χ3n) is 3.10. The number of rotatable bonds is 4. The van der Waals surface area contributed by atoms with Crippen molar-refractivity contribution in [3.8, 4) is 0 Å². The van der Waals surface area contributed by atoms with E-state index in [1.54, 1.807) is 7.11 Å². The van der Waals surface area contributed by atoms with Gasteiger partial charge in [0.2, 0.25) is 0 Å². The fraction of sp³-hybridized carbons (Fsp3) is 0.818. The van der Waals surface area contributed by atoms with Crippen LogP contribution in [0.25, 0.3) is 0 Å². The summed E-state index contributed by atoms with van der Waals surface area (Å²) in [5.74, 6) is 0. The van der Waals surface area contributed by atoms with E-state index in [0.717, 1.165) is 24.8 Å².